The van der Waals surface area contributed by atoms with E-state index in [-0.39, 0.29) is 17.4 Å². The molecule has 1 aromatic heterocycles. The third-order valence-corrected chi connectivity index (χ3v) is 5.26. The van der Waals surface area contributed by atoms with Gasteiger partial charge in [-0.2, -0.15) is 4.98 Å². The van der Waals surface area contributed by atoms with Gasteiger partial charge < -0.3 is 15.4 Å². The van der Waals surface area contributed by atoms with Gasteiger partial charge in [-0.25, -0.2) is 9.78 Å². The lowest BCUT2D eigenvalue weighted by atomic mass is 9.75. The Balaban J connectivity index is 1.62. The predicted molar refractivity (Wildman–Crippen MR) is 115 cm³/mol. The quantitative estimate of drug-likeness (QED) is 0.443. The Morgan fingerprint density at radius 2 is 1.96 bits per heavy atom. The van der Waals surface area contributed by atoms with Crippen molar-refractivity contribution < 1.29 is 9.53 Å². The Labute approximate surface area is 177 Å². The van der Waals surface area contributed by atoms with Crippen LogP contribution in [0.5, 0.6) is 0 Å². The minimum Gasteiger partial charge on any atom is -0.444 e. The van der Waals surface area contributed by atoms with Crippen LogP contribution in [0.4, 0.5) is 16.3 Å². The Morgan fingerprint density at radius 3 is 2.56 bits per heavy atom. The van der Waals surface area contributed by atoms with E-state index in [1.54, 1.807) is 6.20 Å². The summed E-state index contributed by atoms with van der Waals surface area (Å²) in [6.45, 7) is 5.59. The highest BCUT2D eigenvalue weighted by atomic mass is 127. The number of amides is 1. The van der Waals surface area contributed by atoms with E-state index in [0.717, 1.165) is 22.1 Å². The van der Waals surface area contributed by atoms with Crippen LogP contribution in [0.3, 0.4) is 0 Å². The van der Waals surface area contributed by atoms with Crippen LogP contribution in [-0.2, 0) is 4.74 Å². The van der Waals surface area contributed by atoms with Gasteiger partial charge >= 0.3 is 6.09 Å². The molecular weight excluding hydrogens is 479 g/mol. The van der Waals surface area contributed by atoms with Crippen molar-refractivity contribution in [1.29, 1.82) is 0 Å². The van der Waals surface area contributed by atoms with Crippen LogP contribution in [-0.4, -0.2) is 27.7 Å². The fourth-order valence-corrected chi connectivity index (χ4v) is 3.44. The smallest absolute Gasteiger partial charge is 0.407 e. The maximum atomic E-state index is 12.0. The monoisotopic (exact) mass is 500 g/mol. The number of anilines is 2. The van der Waals surface area contributed by atoms with Crippen molar-refractivity contribution in [2.75, 3.05) is 5.32 Å². The molecule has 6 nitrogen and oxygen atoms in total. The van der Waals surface area contributed by atoms with E-state index in [1.165, 1.54) is 5.56 Å². The molecule has 0 aliphatic heterocycles. The van der Waals surface area contributed by atoms with E-state index in [9.17, 15) is 4.79 Å². The predicted octanol–water partition coefficient (Wildman–Crippen LogP) is 5.25. The molecule has 1 aliphatic carbocycles. The fraction of sp³-hybridized carbons (Fsp3) is 0.421. The molecule has 144 valence electrons. The van der Waals surface area contributed by atoms with E-state index in [4.69, 9.17) is 16.3 Å². The number of carbonyl (C=O) groups is 1. The largest absolute Gasteiger partial charge is 0.444 e. The summed E-state index contributed by atoms with van der Waals surface area (Å²) >= 11 is 8.02. The second kappa shape index (κ2) is 8.18. The Morgan fingerprint density at radius 1 is 1.26 bits per heavy atom. The number of hydrogen-bond donors (Lipinski definition) is 2. The Bertz CT molecular complexity index is 823. The molecule has 1 aromatic carbocycles. The van der Waals surface area contributed by atoms with Gasteiger partial charge in [-0.15, -0.1) is 0 Å². The van der Waals surface area contributed by atoms with Crippen molar-refractivity contribution in [3.05, 3.63) is 44.9 Å². The lowest BCUT2D eigenvalue weighted by molar-refractivity contribution is 0.0466. The van der Waals surface area contributed by atoms with Gasteiger partial charge in [-0.3, -0.25) is 0 Å². The number of alkyl carbamates (subject to hydrolysis) is 1. The van der Waals surface area contributed by atoms with E-state index in [2.05, 4.69) is 55.3 Å². The molecule has 1 heterocycles. The van der Waals surface area contributed by atoms with Crippen LogP contribution in [0.25, 0.3) is 0 Å². The zero-order chi connectivity index (χ0) is 19.6. The van der Waals surface area contributed by atoms with Gasteiger partial charge in [0.25, 0.3) is 0 Å². The van der Waals surface area contributed by atoms with Gasteiger partial charge in [0.2, 0.25) is 5.28 Å². The molecule has 1 saturated carbocycles. The van der Waals surface area contributed by atoms with Gasteiger partial charge in [0.05, 0.1) is 3.57 Å². The summed E-state index contributed by atoms with van der Waals surface area (Å²) in [5, 5.41) is 6.44. The number of halogens is 2. The lowest BCUT2D eigenvalue weighted by Crippen LogP contribution is -2.47. The molecule has 1 aliphatic rings. The number of hydrogen-bond acceptors (Lipinski definition) is 5. The van der Waals surface area contributed by atoms with Gasteiger partial charge in [0.1, 0.15) is 11.4 Å². The highest BCUT2D eigenvalue weighted by Crippen LogP contribution is 2.37. The highest BCUT2D eigenvalue weighted by Gasteiger charge is 2.34. The summed E-state index contributed by atoms with van der Waals surface area (Å²) in [6, 6.07) is 8.27. The molecule has 2 atom stereocenters. The third-order valence-electron chi connectivity index (χ3n) is 4.29. The zero-order valence-electron chi connectivity index (χ0n) is 15.4. The molecule has 0 radical (unpaired) electrons. The SMILES string of the molecule is CC(C)(C)OC(=O)NC1CCC1c1ccc(Nc2nc(Cl)ncc2I)cc1. The minimum absolute atomic E-state index is 0.111. The molecule has 1 fully saturated rings. The summed E-state index contributed by atoms with van der Waals surface area (Å²) in [7, 11) is 0. The summed E-state index contributed by atoms with van der Waals surface area (Å²) in [5.41, 5.74) is 1.63. The standard InChI is InChI=1S/C19H22ClIN4O2/c1-19(2,3)27-18(26)24-15-9-8-13(15)11-4-6-12(7-5-11)23-16-14(21)10-22-17(20)25-16/h4-7,10,13,15H,8-9H2,1-3H3,(H,24,26)(H,22,23,25). The van der Waals surface area contributed by atoms with Crippen LogP contribution in [0.2, 0.25) is 5.28 Å². The van der Waals surface area contributed by atoms with Crippen molar-refractivity contribution >= 4 is 51.8 Å². The molecule has 27 heavy (non-hydrogen) atoms. The average molecular weight is 501 g/mol. The fourth-order valence-electron chi connectivity index (χ4n) is 2.91. The molecule has 2 N–H and O–H groups in total. The zero-order valence-corrected chi connectivity index (χ0v) is 18.3. The van der Waals surface area contributed by atoms with Crippen molar-refractivity contribution in [2.45, 2.75) is 51.2 Å². The number of nitrogens with one attached hydrogen (secondary N) is 2. The molecule has 3 rings (SSSR count). The van der Waals surface area contributed by atoms with Crippen LogP contribution in [0.1, 0.15) is 45.1 Å². The summed E-state index contributed by atoms with van der Waals surface area (Å²) in [4.78, 5) is 20.1. The van der Waals surface area contributed by atoms with Gasteiger partial charge in [0.15, 0.2) is 0 Å². The number of nitrogens with zero attached hydrogens (tertiary/aromatic N) is 2. The minimum atomic E-state index is -0.488. The topological polar surface area (TPSA) is 76.1 Å². The van der Waals surface area contributed by atoms with E-state index >= 15 is 0 Å². The summed E-state index contributed by atoms with van der Waals surface area (Å²) in [5.74, 6) is 0.983. The summed E-state index contributed by atoms with van der Waals surface area (Å²) in [6.07, 6.45) is 3.33. The highest BCUT2D eigenvalue weighted by molar-refractivity contribution is 14.1. The van der Waals surface area contributed by atoms with Crippen LogP contribution < -0.4 is 10.6 Å². The second-order valence-corrected chi connectivity index (χ2v) is 9.02. The molecule has 0 spiro atoms. The molecule has 2 aromatic rings. The number of benzene rings is 1. The van der Waals surface area contributed by atoms with E-state index in [0.29, 0.717) is 11.7 Å². The van der Waals surface area contributed by atoms with E-state index < -0.39 is 5.60 Å². The van der Waals surface area contributed by atoms with Crippen molar-refractivity contribution in [1.82, 2.24) is 15.3 Å². The average Bonchev–Trinajstić information content (AvgIpc) is 2.55. The molecule has 1 amide bonds. The number of carbonyl (C=O) groups excluding carboxylic acids is 1. The van der Waals surface area contributed by atoms with E-state index in [1.807, 2.05) is 32.9 Å². The maximum absolute atomic E-state index is 12.0. The molecule has 0 saturated heterocycles. The van der Waals surface area contributed by atoms with Crippen LogP contribution in [0, 0.1) is 3.57 Å². The first kappa shape index (κ1) is 20.1. The Kier molecular flexibility index (Phi) is 6.10. The first-order valence-corrected chi connectivity index (χ1v) is 10.2. The second-order valence-electron chi connectivity index (χ2n) is 7.52. The van der Waals surface area contributed by atoms with Crippen molar-refractivity contribution in [3.8, 4) is 0 Å². The first-order valence-electron chi connectivity index (χ1n) is 8.76. The molecular formula is C19H22ClIN4O2. The van der Waals surface area contributed by atoms with Gasteiger partial charge in [-0.05, 0) is 85.5 Å². The molecule has 2 unspecified atom stereocenters. The van der Waals surface area contributed by atoms with Gasteiger partial charge in [0, 0.05) is 23.8 Å². The van der Waals surface area contributed by atoms with Gasteiger partial charge in [-0.1, -0.05) is 12.1 Å². The Hall–Kier alpha value is -1.61. The third kappa shape index (κ3) is 5.44. The molecule has 0 bridgehead atoms. The van der Waals surface area contributed by atoms with Crippen LogP contribution >= 0.6 is 34.2 Å². The lowest BCUT2D eigenvalue weighted by Gasteiger charge is -2.37. The molecule has 8 heteroatoms. The maximum Gasteiger partial charge on any atom is 0.407 e. The number of ether oxygens (including phenoxy) is 1. The van der Waals surface area contributed by atoms with Crippen LogP contribution in [0.15, 0.2) is 30.5 Å². The normalized spacial score (nSPS) is 19.1. The summed E-state index contributed by atoms with van der Waals surface area (Å²) < 4.78 is 6.24. The first-order chi connectivity index (χ1) is 12.7. The number of rotatable bonds is 4. The number of aromatic nitrogens is 2. The van der Waals surface area contributed by atoms with Crippen molar-refractivity contribution in [2.24, 2.45) is 0 Å². The van der Waals surface area contributed by atoms with Crippen molar-refractivity contribution in [3.63, 3.8) is 0 Å².